The molecule has 2 aromatic heterocycles. The molecule has 4 heteroatoms. The Morgan fingerprint density at radius 3 is 1.83 bits per heavy atom. The van der Waals surface area contributed by atoms with E-state index >= 15 is 0 Å². The molecule has 12 aromatic rings. The van der Waals surface area contributed by atoms with Crippen molar-refractivity contribution in [2.24, 2.45) is 4.99 Å². The zero-order chi connectivity index (χ0) is 43.0. The Hall–Kier alpha value is -8.47. The summed E-state index contributed by atoms with van der Waals surface area (Å²) in [7, 11) is 0. The summed E-state index contributed by atoms with van der Waals surface area (Å²) in [5, 5.41) is 13.3. The predicted molar refractivity (Wildman–Crippen MR) is 272 cm³/mol. The molecule has 13 rings (SSSR count). The van der Waals surface area contributed by atoms with Crippen LogP contribution in [-0.4, -0.2) is 10.4 Å². The van der Waals surface area contributed by atoms with Crippen molar-refractivity contribution in [3.63, 3.8) is 0 Å². The zero-order valence-electron chi connectivity index (χ0n) is 35.7. The number of aliphatic imine (C=N–C) groups is 1. The van der Waals surface area contributed by atoms with Gasteiger partial charge in [-0.3, -0.25) is 4.99 Å². The zero-order valence-corrected chi connectivity index (χ0v) is 35.7. The molecule has 1 unspecified atom stereocenters. The first-order chi connectivity index (χ1) is 32.1. The smallest absolute Gasteiger partial charge is 0.136 e. The van der Waals surface area contributed by atoms with Gasteiger partial charge >= 0.3 is 0 Å². The Balaban J connectivity index is 1.02. The minimum atomic E-state index is -0.299. The van der Waals surface area contributed by atoms with E-state index in [9.17, 15) is 0 Å². The van der Waals surface area contributed by atoms with Gasteiger partial charge in [-0.15, -0.1) is 0 Å². The molecule has 65 heavy (non-hydrogen) atoms. The number of para-hydroxylation sites is 2. The van der Waals surface area contributed by atoms with Crippen LogP contribution in [0.15, 0.2) is 233 Å². The molecule has 0 saturated carbocycles. The van der Waals surface area contributed by atoms with Crippen molar-refractivity contribution < 1.29 is 4.42 Å². The molecule has 0 spiro atoms. The quantitative estimate of drug-likeness (QED) is 0.181. The molecule has 0 saturated heterocycles. The van der Waals surface area contributed by atoms with Crippen LogP contribution in [0.1, 0.15) is 29.7 Å². The summed E-state index contributed by atoms with van der Waals surface area (Å²) in [6, 6.07) is 78.4. The molecule has 3 heterocycles. The van der Waals surface area contributed by atoms with Gasteiger partial charge in [-0.25, -0.2) is 0 Å². The van der Waals surface area contributed by atoms with E-state index in [1.807, 2.05) is 12.1 Å². The number of rotatable bonds is 6. The highest BCUT2D eigenvalue weighted by Gasteiger charge is 2.29. The van der Waals surface area contributed by atoms with Crippen molar-refractivity contribution in [3.05, 3.63) is 241 Å². The van der Waals surface area contributed by atoms with Gasteiger partial charge in [0, 0.05) is 38.4 Å². The fourth-order valence-corrected chi connectivity index (χ4v) is 10.1. The van der Waals surface area contributed by atoms with Gasteiger partial charge in [0.2, 0.25) is 0 Å². The van der Waals surface area contributed by atoms with Gasteiger partial charge in [-0.2, -0.15) is 0 Å². The summed E-state index contributed by atoms with van der Waals surface area (Å²) in [6.45, 7) is 2.24. The molecule has 0 radical (unpaired) electrons. The third-order valence-electron chi connectivity index (χ3n) is 13.4. The molecular formula is C61H41N3O. The van der Waals surface area contributed by atoms with Crippen molar-refractivity contribution >= 4 is 76.8 Å². The largest absolute Gasteiger partial charge is 0.456 e. The minimum absolute atomic E-state index is 0.299. The summed E-state index contributed by atoms with van der Waals surface area (Å²) in [6.07, 6.45) is 0. The first-order valence-electron chi connectivity index (χ1n) is 22.3. The highest BCUT2D eigenvalue weighted by molar-refractivity contribution is 6.12. The van der Waals surface area contributed by atoms with Gasteiger partial charge in [0.1, 0.15) is 23.0 Å². The number of hydrogen-bond acceptors (Lipinski definition) is 3. The number of amidine groups is 1. The van der Waals surface area contributed by atoms with Gasteiger partial charge < -0.3 is 14.3 Å². The molecule has 0 fully saturated rings. The molecule has 4 nitrogen and oxygen atoms in total. The Kier molecular flexibility index (Phi) is 8.47. The molecule has 0 amide bonds. The van der Waals surface area contributed by atoms with Crippen LogP contribution in [0.2, 0.25) is 0 Å². The lowest BCUT2D eigenvalue weighted by Gasteiger charge is -2.29. The summed E-state index contributed by atoms with van der Waals surface area (Å²) in [5.41, 5.74) is 15.4. The lowest BCUT2D eigenvalue weighted by Crippen LogP contribution is -2.30. The number of nitrogens with one attached hydrogen (secondary N) is 1. The lowest BCUT2D eigenvalue weighted by atomic mass is 9.90. The average molecular weight is 832 g/mol. The Bertz CT molecular complexity index is 3920. The van der Waals surface area contributed by atoms with Crippen molar-refractivity contribution in [1.82, 2.24) is 9.88 Å². The Morgan fingerprint density at radius 1 is 0.415 bits per heavy atom. The van der Waals surface area contributed by atoms with Crippen molar-refractivity contribution in [2.45, 2.75) is 13.0 Å². The van der Waals surface area contributed by atoms with Crippen LogP contribution in [0.4, 0.5) is 0 Å². The van der Waals surface area contributed by atoms with Gasteiger partial charge in [0.15, 0.2) is 0 Å². The van der Waals surface area contributed by atoms with Crippen molar-refractivity contribution in [1.29, 1.82) is 0 Å². The first-order valence-corrected chi connectivity index (χ1v) is 22.3. The molecule has 10 aromatic carbocycles. The monoisotopic (exact) mass is 831 g/mol. The fourth-order valence-electron chi connectivity index (χ4n) is 10.1. The van der Waals surface area contributed by atoms with Crippen LogP contribution in [-0.2, 0) is 0 Å². The van der Waals surface area contributed by atoms with E-state index < -0.39 is 0 Å². The van der Waals surface area contributed by atoms with E-state index in [2.05, 4.69) is 223 Å². The van der Waals surface area contributed by atoms with E-state index in [0.717, 1.165) is 83.6 Å². The predicted octanol–water partition coefficient (Wildman–Crippen LogP) is 15.8. The van der Waals surface area contributed by atoms with E-state index in [0.29, 0.717) is 0 Å². The summed E-state index contributed by atoms with van der Waals surface area (Å²) >= 11 is 0. The number of aromatic nitrogens is 1. The SMILES string of the molecule is CC1=C(c2ccc(-c3ccccc3)cc2)NC(c2ccc3ccccc3c2)=NC1c1cc2ccccc2cc1-n1c2ccccc2c2cc(-c3ccc4c(c3)oc3ccccc34)ccc21. The number of benzene rings is 10. The molecule has 0 aliphatic carbocycles. The second-order valence-electron chi connectivity index (χ2n) is 17.2. The van der Waals surface area contributed by atoms with Crippen molar-refractivity contribution in [3.8, 4) is 27.9 Å². The van der Waals surface area contributed by atoms with Crippen LogP contribution in [0.25, 0.3) is 98.9 Å². The van der Waals surface area contributed by atoms with E-state index in [4.69, 9.17) is 9.41 Å². The highest BCUT2D eigenvalue weighted by Crippen LogP contribution is 2.43. The Labute approximate surface area is 376 Å². The third kappa shape index (κ3) is 6.17. The minimum Gasteiger partial charge on any atom is -0.456 e. The second-order valence-corrected chi connectivity index (χ2v) is 17.2. The van der Waals surface area contributed by atoms with Crippen LogP contribution >= 0.6 is 0 Å². The topological polar surface area (TPSA) is 42.5 Å². The van der Waals surface area contributed by atoms with Crippen LogP contribution in [0.5, 0.6) is 0 Å². The van der Waals surface area contributed by atoms with Gasteiger partial charge in [-0.05, 0) is 116 Å². The van der Waals surface area contributed by atoms with Gasteiger partial charge in [0.25, 0.3) is 0 Å². The molecule has 1 N–H and O–H groups in total. The van der Waals surface area contributed by atoms with Crippen LogP contribution in [0.3, 0.4) is 0 Å². The molecule has 1 atom stereocenters. The van der Waals surface area contributed by atoms with Gasteiger partial charge in [-0.1, -0.05) is 164 Å². The Morgan fingerprint density at radius 2 is 1.00 bits per heavy atom. The molecule has 0 bridgehead atoms. The normalized spacial score (nSPS) is 14.2. The number of hydrogen-bond donors (Lipinski definition) is 1. The molecule has 306 valence electrons. The van der Waals surface area contributed by atoms with Crippen LogP contribution < -0.4 is 5.32 Å². The summed E-state index contributed by atoms with van der Waals surface area (Å²) in [5.74, 6) is 0.848. The standard InChI is InChI=1S/C61H41N3O/c1-38-59(42-26-23-41(24-27-42)39-13-3-2-4-14-39)62-61(48-28-25-40-15-5-6-16-43(40)33-48)63-60(38)53-35-44-17-7-8-18-45(44)36-56(53)64-54-21-11-9-19-49(54)52-34-46(30-32-55(52)64)47-29-31-51-50-20-10-12-22-57(50)65-58(51)37-47/h2-37,60H,1H3,(H,62,63). The fraction of sp³-hybridized carbons (Fsp3) is 0.0328. The van der Waals surface area contributed by atoms with Crippen molar-refractivity contribution in [2.75, 3.05) is 0 Å². The highest BCUT2D eigenvalue weighted by atomic mass is 16.3. The molecule has 1 aliphatic rings. The maximum absolute atomic E-state index is 6.34. The van der Waals surface area contributed by atoms with E-state index in [1.165, 1.54) is 43.4 Å². The maximum atomic E-state index is 6.34. The molecular weight excluding hydrogens is 791 g/mol. The van der Waals surface area contributed by atoms with Gasteiger partial charge in [0.05, 0.1) is 16.7 Å². The van der Waals surface area contributed by atoms with E-state index in [1.54, 1.807) is 0 Å². The third-order valence-corrected chi connectivity index (χ3v) is 13.4. The van der Waals surface area contributed by atoms with E-state index in [-0.39, 0.29) is 6.04 Å². The summed E-state index contributed by atoms with van der Waals surface area (Å²) < 4.78 is 8.81. The maximum Gasteiger partial charge on any atom is 0.136 e. The average Bonchev–Trinajstić information content (AvgIpc) is 3.91. The number of fused-ring (bicyclic) bond motifs is 8. The second kappa shape index (κ2) is 14.8. The first kappa shape index (κ1) is 37.1. The summed E-state index contributed by atoms with van der Waals surface area (Å²) in [4.78, 5) is 5.71. The number of furan rings is 1. The molecule has 1 aliphatic heterocycles. The lowest BCUT2D eigenvalue weighted by molar-refractivity contribution is 0.669. The number of nitrogens with zero attached hydrogens (tertiary/aromatic N) is 2. The van der Waals surface area contributed by atoms with Crippen LogP contribution in [0, 0.1) is 0 Å².